The molecule has 0 bridgehead atoms. The lowest BCUT2D eigenvalue weighted by atomic mass is 10.1. The van der Waals surface area contributed by atoms with E-state index in [2.05, 4.69) is 0 Å². The van der Waals surface area contributed by atoms with Crippen molar-refractivity contribution in [2.45, 2.75) is 0 Å². The minimum atomic E-state index is -0.572. The van der Waals surface area contributed by atoms with Crippen molar-refractivity contribution >= 4 is 22.6 Å². The summed E-state index contributed by atoms with van der Waals surface area (Å²) in [5.41, 5.74) is 0.408. The van der Waals surface area contributed by atoms with Crippen molar-refractivity contribution in [1.82, 2.24) is 0 Å². The monoisotopic (exact) mass is 306 g/mol. The SMILES string of the molecule is Fc1cc(-c2ccco2)cc(F)c1I. The van der Waals surface area contributed by atoms with E-state index in [9.17, 15) is 8.78 Å². The highest BCUT2D eigenvalue weighted by Crippen LogP contribution is 2.25. The Morgan fingerprint density at radius 2 is 1.79 bits per heavy atom. The topological polar surface area (TPSA) is 13.1 Å². The molecule has 0 fully saturated rings. The van der Waals surface area contributed by atoms with Crippen molar-refractivity contribution in [2.24, 2.45) is 0 Å². The molecule has 0 amide bonds. The number of halogens is 3. The van der Waals surface area contributed by atoms with Crippen LogP contribution >= 0.6 is 22.6 Å². The molecule has 0 aliphatic rings. The molecule has 72 valence electrons. The summed E-state index contributed by atoms with van der Waals surface area (Å²) >= 11 is 1.62. The molecule has 1 heterocycles. The van der Waals surface area contributed by atoms with E-state index in [-0.39, 0.29) is 3.57 Å². The van der Waals surface area contributed by atoms with Gasteiger partial charge in [0.1, 0.15) is 17.4 Å². The summed E-state index contributed by atoms with van der Waals surface area (Å²) in [6.07, 6.45) is 1.46. The van der Waals surface area contributed by atoms with Crippen LogP contribution in [0.1, 0.15) is 0 Å². The molecule has 2 rings (SSSR count). The van der Waals surface area contributed by atoms with Crippen molar-refractivity contribution in [3.05, 3.63) is 45.7 Å². The molecule has 0 N–H and O–H groups in total. The van der Waals surface area contributed by atoms with Gasteiger partial charge in [-0.2, -0.15) is 0 Å². The van der Waals surface area contributed by atoms with Crippen LogP contribution in [0.4, 0.5) is 8.78 Å². The van der Waals surface area contributed by atoms with Gasteiger partial charge in [0.15, 0.2) is 0 Å². The lowest BCUT2D eigenvalue weighted by Crippen LogP contribution is -1.89. The van der Waals surface area contributed by atoms with Gasteiger partial charge in [0.2, 0.25) is 0 Å². The highest BCUT2D eigenvalue weighted by atomic mass is 127. The summed E-state index contributed by atoms with van der Waals surface area (Å²) in [6, 6.07) is 5.83. The average Bonchev–Trinajstić information content (AvgIpc) is 2.66. The fourth-order valence-electron chi connectivity index (χ4n) is 1.14. The van der Waals surface area contributed by atoms with Gasteiger partial charge in [-0.05, 0) is 46.9 Å². The molecule has 0 atom stereocenters. The van der Waals surface area contributed by atoms with Crippen LogP contribution in [0.15, 0.2) is 34.9 Å². The van der Waals surface area contributed by atoms with Crippen LogP contribution in [0.2, 0.25) is 0 Å². The lowest BCUT2D eigenvalue weighted by Gasteiger charge is -2.00. The van der Waals surface area contributed by atoms with Crippen molar-refractivity contribution in [3.8, 4) is 11.3 Å². The fourth-order valence-corrected chi connectivity index (χ4v) is 1.45. The normalized spacial score (nSPS) is 10.5. The average molecular weight is 306 g/mol. The molecule has 14 heavy (non-hydrogen) atoms. The summed E-state index contributed by atoms with van der Waals surface area (Å²) in [4.78, 5) is 0. The van der Waals surface area contributed by atoms with Crippen molar-refractivity contribution < 1.29 is 13.2 Å². The summed E-state index contributed by atoms with van der Waals surface area (Å²) < 4.78 is 31.3. The molecule has 0 unspecified atom stereocenters. The van der Waals surface area contributed by atoms with Gasteiger partial charge < -0.3 is 4.42 Å². The number of hydrogen-bond donors (Lipinski definition) is 0. The Morgan fingerprint density at radius 3 is 2.29 bits per heavy atom. The van der Waals surface area contributed by atoms with Crippen LogP contribution < -0.4 is 0 Å². The molecule has 1 aromatic heterocycles. The number of rotatable bonds is 1. The van der Waals surface area contributed by atoms with Gasteiger partial charge in [0.25, 0.3) is 0 Å². The largest absolute Gasteiger partial charge is 0.464 e. The van der Waals surface area contributed by atoms with E-state index < -0.39 is 11.6 Å². The lowest BCUT2D eigenvalue weighted by molar-refractivity contribution is 0.561. The second-order valence-corrected chi connectivity index (χ2v) is 3.81. The molecule has 1 aromatic carbocycles. The molecule has 0 saturated carbocycles. The minimum Gasteiger partial charge on any atom is -0.464 e. The molecule has 1 nitrogen and oxygen atoms in total. The first-order valence-corrected chi connectivity index (χ1v) is 4.95. The van der Waals surface area contributed by atoms with E-state index >= 15 is 0 Å². The third kappa shape index (κ3) is 1.66. The Kier molecular flexibility index (Phi) is 2.54. The van der Waals surface area contributed by atoms with Crippen molar-refractivity contribution in [3.63, 3.8) is 0 Å². The molecule has 0 spiro atoms. The zero-order chi connectivity index (χ0) is 10.1. The van der Waals surface area contributed by atoms with Crippen molar-refractivity contribution in [1.29, 1.82) is 0 Å². The van der Waals surface area contributed by atoms with Gasteiger partial charge in [-0.1, -0.05) is 0 Å². The highest BCUT2D eigenvalue weighted by molar-refractivity contribution is 14.1. The fraction of sp³-hybridized carbons (Fsp3) is 0. The predicted octanol–water partition coefficient (Wildman–Crippen LogP) is 3.83. The third-order valence-corrected chi connectivity index (χ3v) is 2.82. The smallest absolute Gasteiger partial charge is 0.140 e. The second-order valence-electron chi connectivity index (χ2n) is 2.73. The van der Waals surface area contributed by atoms with Gasteiger partial charge >= 0.3 is 0 Å². The van der Waals surface area contributed by atoms with Crippen LogP contribution in [0, 0.1) is 15.2 Å². The van der Waals surface area contributed by atoms with Crippen LogP contribution in [0.3, 0.4) is 0 Å². The van der Waals surface area contributed by atoms with Crippen molar-refractivity contribution in [2.75, 3.05) is 0 Å². The second kappa shape index (κ2) is 3.68. The van der Waals surface area contributed by atoms with Crippen LogP contribution in [0.25, 0.3) is 11.3 Å². The molecular weight excluding hydrogens is 301 g/mol. The zero-order valence-electron chi connectivity index (χ0n) is 6.93. The molecule has 0 saturated heterocycles. The molecule has 2 aromatic rings. The minimum absolute atomic E-state index is 0.00194. The van der Waals surface area contributed by atoms with E-state index in [4.69, 9.17) is 4.42 Å². The number of hydrogen-bond acceptors (Lipinski definition) is 1. The molecule has 4 heteroatoms. The maximum absolute atomic E-state index is 13.1. The van der Waals surface area contributed by atoms with Gasteiger partial charge in [-0.15, -0.1) is 0 Å². The maximum Gasteiger partial charge on any atom is 0.140 e. The van der Waals surface area contributed by atoms with E-state index in [0.29, 0.717) is 11.3 Å². The van der Waals surface area contributed by atoms with Crippen LogP contribution in [0.5, 0.6) is 0 Å². The van der Waals surface area contributed by atoms with Gasteiger partial charge in [0.05, 0.1) is 9.83 Å². The number of furan rings is 1. The molecule has 0 radical (unpaired) electrons. The summed E-state index contributed by atoms with van der Waals surface area (Å²) in [5.74, 6) is -0.687. The first-order valence-electron chi connectivity index (χ1n) is 3.87. The summed E-state index contributed by atoms with van der Waals surface area (Å²) in [6.45, 7) is 0. The molecule has 0 aliphatic carbocycles. The predicted molar refractivity (Wildman–Crippen MR) is 56.8 cm³/mol. The molecular formula is C10H5F2IO. The van der Waals surface area contributed by atoms with E-state index in [0.717, 1.165) is 0 Å². The Balaban J connectivity index is 2.57. The Hall–Kier alpha value is -0.910. The van der Waals surface area contributed by atoms with E-state index in [1.54, 1.807) is 34.7 Å². The van der Waals surface area contributed by atoms with E-state index in [1.807, 2.05) is 0 Å². The van der Waals surface area contributed by atoms with Gasteiger partial charge in [0, 0.05) is 5.56 Å². The Bertz CT molecular complexity index is 428. The first kappa shape index (κ1) is 9.64. The van der Waals surface area contributed by atoms with Gasteiger partial charge in [-0.25, -0.2) is 8.78 Å². The first-order chi connectivity index (χ1) is 6.68. The third-order valence-electron chi connectivity index (χ3n) is 1.79. The van der Waals surface area contributed by atoms with Crippen LogP contribution in [-0.4, -0.2) is 0 Å². The van der Waals surface area contributed by atoms with Gasteiger partial charge in [-0.3, -0.25) is 0 Å². The standard InChI is InChI=1S/C10H5F2IO/c11-7-4-6(5-8(12)10(7)13)9-2-1-3-14-9/h1-5H. The summed E-state index contributed by atoms with van der Waals surface area (Å²) in [7, 11) is 0. The Labute approximate surface area is 92.9 Å². The zero-order valence-corrected chi connectivity index (χ0v) is 9.09. The van der Waals surface area contributed by atoms with E-state index in [1.165, 1.54) is 18.4 Å². The Morgan fingerprint density at radius 1 is 1.14 bits per heavy atom. The molecule has 0 aliphatic heterocycles. The van der Waals surface area contributed by atoms with Crippen LogP contribution in [-0.2, 0) is 0 Å². The number of benzene rings is 1. The highest BCUT2D eigenvalue weighted by Gasteiger charge is 2.10. The quantitative estimate of drug-likeness (QED) is 0.576. The maximum atomic E-state index is 13.1. The summed E-state index contributed by atoms with van der Waals surface area (Å²) in [5, 5.41) is 0.